The van der Waals surface area contributed by atoms with E-state index in [1.54, 1.807) is 21.3 Å². The molecule has 1 aliphatic rings. The van der Waals surface area contributed by atoms with E-state index in [4.69, 9.17) is 23.7 Å². The lowest BCUT2D eigenvalue weighted by atomic mass is 10.1. The summed E-state index contributed by atoms with van der Waals surface area (Å²) in [5.41, 5.74) is 0. The van der Waals surface area contributed by atoms with Gasteiger partial charge in [-0.2, -0.15) is 0 Å². The van der Waals surface area contributed by atoms with Crippen molar-refractivity contribution in [1.29, 1.82) is 0 Å². The molecule has 0 bridgehead atoms. The molecular weight excluding hydrogens is 216 g/mol. The normalized spacial score (nSPS) is 36.6. The topological polar surface area (TPSA) is 66.4 Å². The summed E-state index contributed by atoms with van der Waals surface area (Å²) in [6, 6.07) is 0. The molecule has 96 valence electrons. The average molecular weight is 236 g/mol. The second kappa shape index (κ2) is 6.48. The number of rotatable bonds is 6. The van der Waals surface area contributed by atoms with E-state index < -0.39 is 18.5 Å². The Labute approximate surface area is 95.4 Å². The summed E-state index contributed by atoms with van der Waals surface area (Å²) in [6.07, 6.45) is -2.60. The lowest BCUT2D eigenvalue weighted by molar-refractivity contribution is -0.160. The van der Waals surface area contributed by atoms with Crippen LogP contribution in [0.1, 0.15) is 0 Å². The second-order valence-corrected chi connectivity index (χ2v) is 3.62. The molecule has 6 nitrogen and oxygen atoms in total. The Hall–Kier alpha value is -0.240. The van der Waals surface area contributed by atoms with E-state index in [1.807, 2.05) is 0 Å². The van der Waals surface area contributed by atoms with E-state index in [2.05, 4.69) is 0 Å². The van der Waals surface area contributed by atoms with Crippen LogP contribution < -0.4 is 0 Å². The molecule has 0 aromatic carbocycles. The molecule has 1 aliphatic heterocycles. The fourth-order valence-corrected chi connectivity index (χ4v) is 1.94. The Balaban J connectivity index is 2.71. The van der Waals surface area contributed by atoms with E-state index in [0.29, 0.717) is 6.61 Å². The van der Waals surface area contributed by atoms with Crippen molar-refractivity contribution in [2.24, 2.45) is 0 Å². The highest BCUT2D eigenvalue weighted by molar-refractivity contribution is 4.92. The van der Waals surface area contributed by atoms with Crippen molar-refractivity contribution >= 4 is 0 Å². The molecule has 0 aromatic rings. The molecule has 0 spiro atoms. The fourth-order valence-electron chi connectivity index (χ4n) is 1.94. The number of hydrogen-bond donors (Lipinski definition) is 1. The molecule has 1 rings (SSSR count). The largest absolute Gasteiger partial charge is 0.382 e. The highest BCUT2D eigenvalue weighted by Gasteiger charge is 2.48. The molecule has 5 atom stereocenters. The van der Waals surface area contributed by atoms with E-state index >= 15 is 0 Å². The van der Waals surface area contributed by atoms with Crippen molar-refractivity contribution in [1.82, 2.24) is 0 Å². The molecule has 1 saturated heterocycles. The standard InChI is InChI=1S/C10H20O6/c1-12-5-6(13-2)7-8(14-3)9(15-4)10(11)16-7/h6-11H,5H2,1-4H3/t6-,7-,8-,9+,10-/m0/s1. The number of hydrogen-bond acceptors (Lipinski definition) is 6. The van der Waals surface area contributed by atoms with Gasteiger partial charge in [-0.1, -0.05) is 0 Å². The summed E-state index contributed by atoms with van der Waals surface area (Å²) in [6.45, 7) is 0.365. The van der Waals surface area contributed by atoms with Gasteiger partial charge in [-0.3, -0.25) is 0 Å². The van der Waals surface area contributed by atoms with Gasteiger partial charge in [-0.25, -0.2) is 0 Å². The third-order valence-corrected chi connectivity index (χ3v) is 2.77. The maximum atomic E-state index is 9.65. The summed E-state index contributed by atoms with van der Waals surface area (Å²) >= 11 is 0. The third kappa shape index (κ3) is 2.71. The van der Waals surface area contributed by atoms with Crippen LogP contribution in [-0.4, -0.2) is 70.9 Å². The minimum atomic E-state index is -1.01. The van der Waals surface area contributed by atoms with Crippen LogP contribution in [-0.2, 0) is 23.7 Å². The van der Waals surface area contributed by atoms with E-state index in [9.17, 15) is 5.11 Å². The molecule has 0 amide bonds. The lowest BCUT2D eigenvalue weighted by Gasteiger charge is -2.26. The molecule has 0 aromatic heterocycles. The Morgan fingerprint density at radius 1 is 1.12 bits per heavy atom. The van der Waals surface area contributed by atoms with Crippen LogP contribution in [0.15, 0.2) is 0 Å². The number of ether oxygens (including phenoxy) is 5. The second-order valence-electron chi connectivity index (χ2n) is 3.62. The van der Waals surface area contributed by atoms with Gasteiger partial charge < -0.3 is 28.8 Å². The minimum Gasteiger partial charge on any atom is -0.382 e. The predicted molar refractivity (Wildman–Crippen MR) is 55.1 cm³/mol. The molecule has 1 fully saturated rings. The molecule has 0 unspecified atom stereocenters. The minimum absolute atomic E-state index is 0.301. The van der Waals surface area contributed by atoms with Gasteiger partial charge >= 0.3 is 0 Å². The number of aliphatic hydroxyl groups excluding tert-OH is 1. The molecule has 0 saturated carbocycles. The van der Waals surface area contributed by atoms with E-state index in [0.717, 1.165) is 0 Å². The first kappa shape index (κ1) is 13.8. The fraction of sp³-hybridized carbons (Fsp3) is 1.00. The summed E-state index contributed by atoms with van der Waals surface area (Å²) < 4.78 is 26.1. The maximum Gasteiger partial charge on any atom is 0.184 e. The highest BCUT2D eigenvalue weighted by Crippen LogP contribution is 2.27. The molecule has 1 heterocycles. The summed E-state index contributed by atoms with van der Waals surface area (Å²) in [7, 11) is 6.19. The number of aliphatic hydroxyl groups is 1. The highest BCUT2D eigenvalue weighted by atomic mass is 16.7. The number of methoxy groups -OCH3 is 4. The Kier molecular flexibility index (Phi) is 5.60. The van der Waals surface area contributed by atoms with Crippen molar-refractivity contribution in [2.75, 3.05) is 35.0 Å². The SMILES string of the molecule is COC[C@H](OC)[C@@H]1O[C@H](O)[C@H](OC)[C@H]1OC. The van der Waals surface area contributed by atoms with E-state index in [-0.39, 0.29) is 12.2 Å². The molecule has 1 N–H and O–H groups in total. The molecular formula is C10H20O6. The average Bonchev–Trinajstić information content (AvgIpc) is 2.61. The lowest BCUT2D eigenvalue weighted by Crippen LogP contribution is -2.43. The van der Waals surface area contributed by atoms with Gasteiger partial charge in [0.05, 0.1) is 6.61 Å². The van der Waals surface area contributed by atoms with Crippen molar-refractivity contribution in [2.45, 2.75) is 30.7 Å². The smallest absolute Gasteiger partial charge is 0.184 e. The van der Waals surface area contributed by atoms with Crippen molar-refractivity contribution in [3.05, 3.63) is 0 Å². The first-order valence-electron chi connectivity index (χ1n) is 5.10. The molecule has 0 radical (unpaired) electrons. The Bertz CT molecular complexity index is 200. The first-order valence-corrected chi connectivity index (χ1v) is 5.10. The van der Waals surface area contributed by atoms with Crippen LogP contribution in [0.25, 0.3) is 0 Å². The molecule has 0 aliphatic carbocycles. The zero-order valence-electron chi connectivity index (χ0n) is 10.1. The zero-order chi connectivity index (χ0) is 12.1. The van der Waals surface area contributed by atoms with Crippen LogP contribution in [0.3, 0.4) is 0 Å². The maximum absolute atomic E-state index is 9.65. The van der Waals surface area contributed by atoms with Crippen molar-refractivity contribution in [3.8, 4) is 0 Å². The zero-order valence-corrected chi connectivity index (χ0v) is 10.1. The van der Waals surface area contributed by atoms with Gasteiger partial charge in [0.2, 0.25) is 0 Å². The van der Waals surface area contributed by atoms with Gasteiger partial charge in [0.15, 0.2) is 6.29 Å². The Morgan fingerprint density at radius 2 is 1.75 bits per heavy atom. The van der Waals surface area contributed by atoms with Gasteiger partial charge in [0.1, 0.15) is 24.4 Å². The monoisotopic (exact) mass is 236 g/mol. The van der Waals surface area contributed by atoms with Crippen LogP contribution in [0.5, 0.6) is 0 Å². The summed E-state index contributed by atoms with van der Waals surface area (Å²) in [5.74, 6) is 0. The Morgan fingerprint density at radius 3 is 2.19 bits per heavy atom. The quantitative estimate of drug-likeness (QED) is 0.664. The van der Waals surface area contributed by atoms with Crippen molar-refractivity contribution in [3.63, 3.8) is 0 Å². The van der Waals surface area contributed by atoms with Crippen LogP contribution >= 0.6 is 0 Å². The van der Waals surface area contributed by atoms with Gasteiger partial charge in [-0.15, -0.1) is 0 Å². The summed E-state index contributed by atoms with van der Waals surface area (Å²) in [4.78, 5) is 0. The van der Waals surface area contributed by atoms with Crippen LogP contribution in [0.4, 0.5) is 0 Å². The van der Waals surface area contributed by atoms with Gasteiger partial charge in [-0.05, 0) is 0 Å². The van der Waals surface area contributed by atoms with E-state index in [1.165, 1.54) is 7.11 Å². The molecule has 16 heavy (non-hydrogen) atoms. The summed E-state index contributed by atoms with van der Waals surface area (Å²) in [5, 5.41) is 9.65. The predicted octanol–water partition coefficient (Wildman–Crippen LogP) is -0.605. The van der Waals surface area contributed by atoms with Gasteiger partial charge in [0, 0.05) is 28.4 Å². The van der Waals surface area contributed by atoms with Crippen LogP contribution in [0, 0.1) is 0 Å². The van der Waals surface area contributed by atoms with Crippen molar-refractivity contribution < 1.29 is 28.8 Å². The first-order chi connectivity index (χ1) is 7.69. The van der Waals surface area contributed by atoms with Gasteiger partial charge in [0.25, 0.3) is 0 Å². The third-order valence-electron chi connectivity index (χ3n) is 2.77. The molecule has 6 heteroatoms. The van der Waals surface area contributed by atoms with Crippen LogP contribution in [0.2, 0.25) is 0 Å².